The third-order valence-electron chi connectivity index (χ3n) is 3.82. The molecule has 0 radical (unpaired) electrons. The number of Topliss-reactive ketones (excluding diaryl/α,β-unsaturated/α-hetero) is 1. The van der Waals surface area contributed by atoms with E-state index in [1.165, 1.54) is 38.2 Å². The zero-order chi connectivity index (χ0) is 20.6. The maximum absolute atomic E-state index is 12.2. The van der Waals surface area contributed by atoms with E-state index < -0.39 is 22.0 Å². The second-order valence-electron chi connectivity index (χ2n) is 6.59. The minimum atomic E-state index is -3.79. The number of benzene rings is 1. The van der Waals surface area contributed by atoms with Crippen LogP contribution >= 0.6 is 0 Å². The molecule has 0 saturated heterocycles. The lowest BCUT2D eigenvalue weighted by molar-refractivity contribution is -0.129. The molecule has 0 aromatic heterocycles. The van der Waals surface area contributed by atoms with Gasteiger partial charge in [0.15, 0.2) is 5.78 Å². The van der Waals surface area contributed by atoms with Crippen LogP contribution in [0.2, 0.25) is 0 Å². The molecular weight excluding hydrogens is 370 g/mol. The summed E-state index contributed by atoms with van der Waals surface area (Å²) in [5.41, 5.74) is 0.415. The smallest absolute Gasteiger partial charge is 0.242 e. The van der Waals surface area contributed by atoms with Crippen LogP contribution in [0.4, 0.5) is 0 Å². The summed E-state index contributed by atoms with van der Waals surface area (Å²) < 4.78 is 26.8. The van der Waals surface area contributed by atoms with E-state index in [0.717, 1.165) is 0 Å². The maximum atomic E-state index is 12.2. The molecule has 27 heavy (non-hydrogen) atoms. The molecule has 0 bridgehead atoms. The number of carbonyl (C=O) groups is 3. The molecule has 2 amide bonds. The van der Waals surface area contributed by atoms with Crippen molar-refractivity contribution in [2.24, 2.45) is 5.92 Å². The lowest BCUT2D eigenvalue weighted by Crippen LogP contribution is -2.47. The van der Waals surface area contributed by atoms with Crippen LogP contribution in [0.15, 0.2) is 29.2 Å². The molecule has 150 valence electrons. The molecule has 0 aliphatic rings. The van der Waals surface area contributed by atoms with Crippen LogP contribution in [0.1, 0.15) is 44.0 Å². The third-order valence-corrected chi connectivity index (χ3v) is 5.30. The van der Waals surface area contributed by atoms with Gasteiger partial charge in [0.1, 0.15) is 6.04 Å². The molecule has 0 aliphatic heterocycles. The first-order valence-electron chi connectivity index (χ1n) is 8.68. The molecule has 3 N–H and O–H groups in total. The Morgan fingerprint density at radius 3 is 2.15 bits per heavy atom. The van der Waals surface area contributed by atoms with Gasteiger partial charge in [0.2, 0.25) is 21.8 Å². The van der Waals surface area contributed by atoms with Crippen molar-refractivity contribution in [3.05, 3.63) is 29.8 Å². The van der Waals surface area contributed by atoms with E-state index in [9.17, 15) is 22.8 Å². The molecule has 1 rings (SSSR count). The number of rotatable bonds is 10. The highest BCUT2D eigenvalue weighted by molar-refractivity contribution is 7.89. The quantitative estimate of drug-likeness (QED) is 0.505. The number of ketones is 1. The predicted octanol–water partition coefficient (Wildman–Crippen LogP) is 0.835. The van der Waals surface area contributed by atoms with Gasteiger partial charge in [-0.05, 0) is 31.4 Å². The summed E-state index contributed by atoms with van der Waals surface area (Å²) in [5.74, 6) is -0.651. The summed E-state index contributed by atoms with van der Waals surface area (Å²) in [6.07, 6.45) is 0.385. The van der Waals surface area contributed by atoms with E-state index in [1.807, 2.05) is 13.8 Å². The van der Waals surface area contributed by atoms with Gasteiger partial charge in [-0.2, -0.15) is 0 Å². The molecule has 0 spiro atoms. The molecule has 0 fully saturated rings. The lowest BCUT2D eigenvalue weighted by Gasteiger charge is -2.19. The van der Waals surface area contributed by atoms with Gasteiger partial charge in [0.05, 0.1) is 4.90 Å². The van der Waals surface area contributed by atoms with E-state index in [0.29, 0.717) is 12.0 Å². The first-order valence-corrected chi connectivity index (χ1v) is 10.2. The van der Waals surface area contributed by atoms with E-state index in [-0.39, 0.29) is 35.5 Å². The van der Waals surface area contributed by atoms with Crippen LogP contribution < -0.4 is 15.4 Å². The van der Waals surface area contributed by atoms with E-state index in [4.69, 9.17) is 0 Å². The molecular formula is C18H27N3O5S. The van der Waals surface area contributed by atoms with Crippen molar-refractivity contribution >= 4 is 27.6 Å². The fraction of sp³-hybridized carbons (Fsp3) is 0.500. The lowest BCUT2D eigenvalue weighted by atomic mass is 10.0. The Kier molecular flexibility index (Phi) is 8.58. The summed E-state index contributed by atoms with van der Waals surface area (Å²) in [6.45, 7) is 5.16. The monoisotopic (exact) mass is 397 g/mol. The van der Waals surface area contributed by atoms with Gasteiger partial charge in [-0.25, -0.2) is 13.1 Å². The van der Waals surface area contributed by atoms with Gasteiger partial charge in [-0.3, -0.25) is 14.4 Å². The number of sulfonamides is 1. The predicted molar refractivity (Wildman–Crippen MR) is 102 cm³/mol. The zero-order valence-corrected chi connectivity index (χ0v) is 16.9. The second-order valence-corrected chi connectivity index (χ2v) is 8.36. The SMILES string of the molecule is CNC(=O)C(CC(C)C)NC(=O)CCNS(=O)(=O)c1ccc(C(C)=O)cc1. The standard InChI is InChI=1S/C18H27N3O5S/c1-12(2)11-16(18(24)19-4)21-17(23)9-10-20-27(25,26)15-7-5-14(6-8-15)13(3)22/h5-8,12,16,20H,9-11H2,1-4H3,(H,19,24)(H,21,23). The van der Waals surface area contributed by atoms with Crippen molar-refractivity contribution in [1.82, 2.24) is 15.4 Å². The van der Waals surface area contributed by atoms with Crippen LogP contribution in [-0.2, 0) is 19.6 Å². The largest absolute Gasteiger partial charge is 0.357 e. The van der Waals surface area contributed by atoms with E-state index in [2.05, 4.69) is 15.4 Å². The Balaban J connectivity index is 2.60. The first-order chi connectivity index (χ1) is 12.6. The number of hydrogen-bond acceptors (Lipinski definition) is 5. The fourth-order valence-electron chi connectivity index (χ4n) is 2.39. The second kappa shape index (κ2) is 10.2. The van der Waals surface area contributed by atoms with Crippen LogP contribution in [0, 0.1) is 5.92 Å². The van der Waals surface area contributed by atoms with Crippen LogP contribution in [0.25, 0.3) is 0 Å². The summed E-state index contributed by atoms with van der Waals surface area (Å²) >= 11 is 0. The molecule has 0 aliphatic carbocycles. The molecule has 1 aromatic carbocycles. The molecule has 8 nitrogen and oxygen atoms in total. The maximum Gasteiger partial charge on any atom is 0.242 e. The number of nitrogens with one attached hydrogen (secondary N) is 3. The summed E-state index contributed by atoms with van der Waals surface area (Å²) in [6, 6.07) is 4.89. The summed E-state index contributed by atoms with van der Waals surface area (Å²) in [4.78, 5) is 35.1. The summed E-state index contributed by atoms with van der Waals surface area (Å²) in [7, 11) is -2.29. The minimum Gasteiger partial charge on any atom is -0.357 e. The van der Waals surface area contributed by atoms with E-state index in [1.54, 1.807) is 0 Å². The normalized spacial score (nSPS) is 12.5. The fourth-order valence-corrected chi connectivity index (χ4v) is 3.43. The van der Waals surface area contributed by atoms with Gasteiger partial charge in [0.25, 0.3) is 0 Å². The van der Waals surface area contributed by atoms with Gasteiger partial charge in [0, 0.05) is 25.6 Å². The Labute approximate surface area is 160 Å². The average molecular weight is 397 g/mol. The average Bonchev–Trinajstić information content (AvgIpc) is 2.60. The zero-order valence-electron chi connectivity index (χ0n) is 16.0. The number of amides is 2. The van der Waals surface area contributed by atoms with Crippen LogP contribution in [0.3, 0.4) is 0 Å². The van der Waals surface area contributed by atoms with Crippen molar-refractivity contribution in [2.45, 2.75) is 44.6 Å². The Bertz CT molecular complexity index is 773. The Morgan fingerprint density at radius 2 is 1.67 bits per heavy atom. The van der Waals surface area contributed by atoms with Crippen LogP contribution in [-0.4, -0.2) is 45.6 Å². The van der Waals surface area contributed by atoms with Gasteiger partial charge in [-0.15, -0.1) is 0 Å². The minimum absolute atomic E-state index is 0.0101. The highest BCUT2D eigenvalue weighted by atomic mass is 32.2. The van der Waals surface area contributed by atoms with Crippen molar-refractivity contribution in [3.63, 3.8) is 0 Å². The molecule has 9 heteroatoms. The highest BCUT2D eigenvalue weighted by Crippen LogP contribution is 2.11. The van der Waals surface area contributed by atoms with Crippen molar-refractivity contribution in [3.8, 4) is 0 Å². The Hall–Kier alpha value is -2.26. The number of carbonyl (C=O) groups excluding carboxylic acids is 3. The van der Waals surface area contributed by atoms with Crippen LogP contribution in [0.5, 0.6) is 0 Å². The highest BCUT2D eigenvalue weighted by Gasteiger charge is 2.21. The molecule has 1 aromatic rings. The van der Waals surface area contributed by atoms with Crippen molar-refractivity contribution in [1.29, 1.82) is 0 Å². The molecule has 0 heterocycles. The van der Waals surface area contributed by atoms with Gasteiger partial charge >= 0.3 is 0 Å². The summed E-state index contributed by atoms with van der Waals surface area (Å²) in [5, 5.41) is 5.12. The van der Waals surface area contributed by atoms with Crippen molar-refractivity contribution in [2.75, 3.05) is 13.6 Å². The van der Waals surface area contributed by atoms with E-state index >= 15 is 0 Å². The molecule has 1 atom stereocenters. The van der Waals surface area contributed by atoms with Crippen molar-refractivity contribution < 1.29 is 22.8 Å². The molecule has 0 saturated carbocycles. The number of hydrogen-bond donors (Lipinski definition) is 3. The molecule has 1 unspecified atom stereocenters. The topological polar surface area (TPSA) is 121 Å². The van der Waals surface area contributed by atoms with Gasteiger partial charge in [-0.1, -0.05) is 26.0 Å². The Morgan fingerprint density at radius 1 is 1.07 bits per heavy atom. The first kappa shape index (κ1) is 22.8. The number of likely N-dealkylation sites (N-methyl/N-ethyl adjacent to an activating group) is 1. The van der Waals surface area contributed by atoms with Gasteiger partial charge < -0.3 is 10.6 Å². The third kappa shape index (κ3) is 7.48.